The maximum atomic E-state index is 12.1. The van der Waals surface area contributed by atoms with Crippen LogP contribution in [0.1, 0.15) is 32.0 Å². The van der Waals surface area contributed by atoms with Crippen molar-refractivity contribution in [3.05, 3.63) is 49.4 Å². The van der Waals surface area contributed by atoms with E-state index >= 15 is 0 Å². The van der Waals surface area contributed by atoms with Gasteiger partial charge >= 0.3 is 0 Å². The molecule has 1 aromatic carbocycles. The Morgan fingerprint density at radius 2 is 2.00 bits per heavy atom. The molecule has 0 saturated heterocycles. The molecule has 0 bridgehead atoms. The second-order valence-electron chi connectivity index (χ2n) is 5.28. The molecule has 0 fully saturated rings. The van der Waals surface area contributed by atoms with E-state index in [0.29, 0.717) is 15.3 Å². The zero-order valence-corrected chi connectivity index (χ0v) is 14.2. The van der Waals surface area contributed by atoms with E-state index in [1.807, 2.05) is 18.2 Å². The minimum absolute atomic E-state index is 0.0443. The lowest BCUT2D eigenvalue weighted by Gasteiger charge is -2.11. The van der Waals surface area contributed by atoms with E-state index in [9.17, 15) is 4.79 Å². The fourth-order valence-electron chi connectivity index (χ4n) is 2.21. The third kappa shape index (κ3) is 3.29. The molecule has 0 aliphatic rings. The van der Waals surface area contributed by atoms with Crippen LogP contribution in [0.4, 0.5) is 0 Å². The van der Waals surface area contributed by atoms with Gasteiger partial charge in [0.05, 0.1) is 9.26 Å². The van der Waals surface area contributed by atoms with Gasteiger partial charge in [-0.2, -0.15) is 0 Å². The molecule has 0 unspecified atom stereocenters. The molecular weight excluding hydrogens is 363 g/mol. The topological polar surface area (TPSA) is 45.8 Å². The Hall–Kier alpha value is -1.17. The van der Waals surface area contributed by atoms with Crippen molar-refractivity contribution < 1.29 is 0 Å². The number of halogens is 1. The van der Waals surface area contributed by atoms with E-state index in [0.717, 1.165) is 24.1 Å². The van der Waals surface area contributed by atoms with Gasteiger partial charge in [-0.3, -0.25) is 4.79 Å². The van der Waals surface area contributed by atoms with Crippen LogP contribution in [-0.4, -0.2) is 9.97 Å². The quantitative estimate of drug-likeness (QED) is 0.818. The van der Waals surface area contributed by atoms with Crippen LogP contribution in [0.2, 0.25) is 0 Å². The minimum Gasteiger partial charge on any atom is -0.306 e. The molecule has 3 nitrogen and oxygen atoms in total. The number of aromatic amines is 1. The van der Waals surface area contributed by atoms with Crippen LogP contribution in [0.5, 0.6) is 0 Å². The third-order valence-electron chi connectivity index (χ3n) is 3.19. The first-order valence-corrected chi connectivity index (χ1v) is 7.97. The van der Waals surface area contributed by atoms with Crippen LogP contribution in [0, 0.1) is 9.49 Å². The van der Waals surface area contributed by atoms with Crippen molar-refractivity contribution >= 4 is 22.6 Å². The summed E-state index contributed by atoms with van der Waals surface area (Å²) in [7, 11) is 0. The fraction of sp³-hybridized carbons (Fsp3) is 0.375. The van der Waals surface area contributed by atoms with E-state index in [2.05, 4.69) is 59.4 Å². The Morgan fingerprint density at radius 1 is 1.30 bits per heavy atom. The maximum absolute atomic E-state index is 12.1. The zero-order chi connectivity index (χ0) is 14.7. The van der Waals surface area contributed by atoms with Crippen molar-refractivity contribution in [2.75, 3.05) is 0 Å². The highest BCUT2D eigenvalue weighted by Gasteiger charge is 2.13. The van der Waals surface area contributed by atoms with Gasteiger partial charge < -0.3 is 4.98 Å². The first kappa shape index (κ1) is 15.2. The number of benzene rings is 1. The number of nitrogens with zero attached hydrogens (tertiary/aromatic N) is 1. The van der Waals surface area contributed by atoms with Crippen molar-refractivity contribution in [3.63, 3.8) is 0 Å². The summed E-state index contributed by atoms with van der Waals surface area (Å²) in [4.78, 5) is 19.7. The monoisotopic (exact) mass is 382 g/mol. The standard InChI is InChI=1S/C16H19IN2O/c1-4-11-7-5-6-8-12(11)15-18-13(9-10(2)3)14(17)16(20)19-15/h5-8,10H,4,9H2,1-3H3,(H,18,19,20). The van der Waals surface area contributed by atoms with Gasteiger partial charge in [0.15, 0.2) is 0 Å². The third-order valence-corrected chi connectivity index (χ3v) is 4.30. The molecule has 2 rings (SSSR count). The predicted octanol–water partition coefficient (Wildman–Crippen LogP) is 3.80. The van der Waals surface area contributed by atoms with Gasteiger partial charge in [0.25, 0.3) is 5.56 Å². The van der Waals surface area contributed by atoms with Gasteiger partial charge in [0.1, 0.15) is 5.82 Å². The number of aromatic nitrogens is 2. The summed E-state index contributed by atoms with van der Waals surface area (Å²) in [5.41, 5.74) is 3.07. The Kier molecular flexibility index (Phi) is 4.96. The molecule has 1 heterocycles. The van der Waals surface area contributed by atoms with Crippen molar-refractivity contribution in [2.24, 2.45) is 5.92 Å². The van der Waals surface area contributed by atoms with E-state index in [1.54, 1.807) is 0 Å². The Bertz CT molecular complexity index is 662. The molecule has 0 aliphatic carbocycles. The molecule has 106 valence electrons. The number of hydrogen-bond acceptors (Lipinski definition) is 2. The lowest BCUT2D eigenvalue weighted by molar-refractivity contribution is 0.631. The molecule has 4 heteroatoms. The Morgan fingerprint density at radius 3 is 2.65 bits per heavy atom. The number of nitrogens with one attached hydrogen (secondary N) is 1. The van der Waals surface area contributed by atoms with E-state index in [-0.39, 0.29) is 5.56 Å². The SMILES string of the molecule is CCc1ccccc1-c1nc(CC(C)C)c(I)c(=O)[nH]1. The molecule has 0 saturated carbocycles. The van der Waals surface area contributed by atoms with E-state index < -0.39 is 0 Å². The second-order valence-corrected chi connectivity index (χ2v) is 6.36. The summed E-state index contributed by atoms with van der Waals surface area (Å²) in [5, 5.41) is 0. The lowest BCUT2D eigenvalue weighted by Crippen LogP contribution is -2.17. The van der Waals surface area contributed by atoms with Crippen molar-refractivity contribution in [1.82, 2.24) is 9.97 Å². The Balaban J connectivity index is 2.58. The molecular formula is C16H19IN2O. The molecule has 1 N–H and O–H groups in total. The molecule has 0 amide bonds. The highest BCUT2D eigenvalue weighted by Crippen LogP contribution is 2.21. The summed E-state index contributed by atoms with van der Waals surface area (Å²) >= 11 is 2.09. The summed E-state index contributed by atoms with van der Waals surface area (Å²) in [6, 6.07) is 8.09. The van der Waals surface area contributed by atoms with Gasteiger partial charge in [-0.1, -0.05) is 45.0 Å². The molecule has 0 aliphatic heterocycles. The van der Waals surface area contributed by atoms with Crippen LogP contribution in [-0.2, 0) is 12.8 Å². The number of H-pyrrole nitrogens is 1. The molecule has 0 atom stereocenters. The summed E-state index contributed by atoms with van der Waals surface area (Å²) in [6.07, 6.45) is 1.74. The molecule has 0 radical (unpaired) electrons. The minimum atomic E-state index is -0.0443. The molecule has 2 aromatic rings. The fourth-order valence-corrected chi connectivity index (χ4v) is 2.69. The van der Waals surface area contributed by atoms with Crippen LogP contribution in [0.3, 0.4) is 0 Å². The van der Waals surface area contributed by atoms with Crippen LogP contribution >= 0.6 is 22.6 Å². The average Bonchev–Trinajstić information content (AvgIpc) is 2.43. The first-order chi connectivity index (χ1) is 9.52. The van der Waals surface area contributed by atoms with Crippen molar-refractivity contribution in [1.29, 1.82) is 0 Å². The zero-order valence-electron chi connectivity index (χ0n) is 12.0. The average molecular weight is 382 g/mol. The largest absolute Gasteiger partial charge is 0.306 e. The molecule has 0 spiro atoms. The first-order valence-electron chi connectivity index (χ1n) is 6.89. The van der Waals surface area contributed by atoms with Crippen LogP contribution in [0.15, 0.2) is 29.1 Å². The van der Waals surface area contributed by atoms with Crippen molar-refractivity contribution in [2.45, 2.75) is 33.6 Å². The molecule has 1 aromatic heterocycles. The summed E-state index contributed by atoms with van der Waals surface area (Å²) in [6.45, 7) is 6.38. The summed E-state index contributed by atoms with van der Waals surface area (Å²) < 4.78 is 0.703. The maximum Gasteiger partial charge on any atom is 0.264 e. The van der Waals surface area contributed by atoms with Crippen molar-refractivity contribution in [3.8, 4) is 11.4 Å². The predicted molar refractivity (Wildman–Crippen MR) is 90.9 cm³/mol. The smallest absolute Gasteiger partial charge is 0.264 e. The van der Waals surface area contributed by atoms with Gasteiger partial charge in [0, 0.05) is 5.56 Å². The highest BCUT2D eigenvalue weighted by atomic mass is 127. The van der Waals surface area contributed by atoms with Gasteiger partial charge in [-0.25, -0.2) is 4.98 Å². The van der Waals surface area contributed by atoms with Gasteiger partial charge in [-0.05, 0) is 46.9 Å². The van der Waals surface area contributed by atoms with E-state index in [4.69, 9.17) is 0 Å². The number of hydrogen-bond donors (Lipinski definition) is 1. The van der Waals surface area contributed by atoms with Crippen LogP contribution < -0.4 is 5.56 Å². The number of aryl methyl sites for hydroxylation is 1. The van der Waals surface area contributed by atoms with Gasteiger partial charge in [0.2, 0.25) is 0 Å². The van der Waals surface area contributed by atoms with E-state index in [1.165, 1.54) is 5.56 Å². The molecule has 20 heavy (non-hydrogen) atoms. The van der Waals surface area contributed by atoms with Gasteiger partial charge in [-0.15, -0.1) is 0 Å². The summed E-state index contributed by atoms with van der Waals surface area (Å²) in [5.74, 6) is 1.16. The normalized spacial score (nSPS) is 11.1. The Labute approximate surface area is 133 Å². The second kappa shape index (κ2) is 6.52. The van der Waals surface area contributed by atoms with Crippen LogP contribution in [0.25, 0.3) is 11.4 Å². The lowest BCUT2D eigenvalue weighted by atomic mass is 10.0. The highest BCUT2D eigenvalue weighted by molar-refractivity contribution is 14.1. The number of rotatable bonds is 4.